The fourth-order valence-corrected chi connectivity index (χ4v) is 4.59. The number of carbonyl (C=O) groups is 1. The summed E-state index contributed by atoms with van der Waals surface area (Å²) in [5, 5.41) is 2.87. The second-order valence-electron chi connectivity index (χ2n) is 9.34. The Kier molecular flexibility index (Phi) is 9.60. The highest BCUT2D eigenvalue weighted by atomic mass is 16.6. The molecule has 30 heavy (non-hydrogen) atoms. The number of amides is 1. The van der Waals surface area contributed by atoms with Gasteiger partial charge in [-0.3, -0.25) is 0 Å². The molecule has 0 aromatic heterocycles. The Hall–Kier alpha value is -1.15. The van der Waals surface area contributed by atoms with E-state index in [1.807, 2.05) is 0 Å². The first kappa shape index (κ1) is 25.1. The van der Waals surface area contributed by atoms with Gasteiger partial charge in [-0.05, 0) is 59.9 Å². The molecule has 0 bridgehead atoms. The van der Waals surface area contributed by atoms with E-state index in [1.165, 1.54) is 5.57 Å². The van der Waals surface area contributed by atoms with Crippen LogP contribution in [-0.2, 0) is 18.9 Å². The Labute approximate surface area is 182 Å². The standard InChI is InChI=1S/C23H42N2O5/c1-17(2)11-15-28-22(3,4)20-19(27-5)18(10-12-23(20)16-29-23)30-21(26)25-14-9-7-6-8-13-24/h11,18-20H,6-10,12-16,24H2,1-5H3,(H,25,26). The van der Waals surface area contributed by atoms with Gasteiger partial charge in [0.2, 0.25) is 0 Å². The molecule has 3 N–H and O–H groups in total. The van der Waals surface area contributed by atoms with Crippen molar-refractivity contribution in [2.45, 2.75) is 89.6 Å². The van der Waals surface area contributed by atoms with Crippen LogP contribution < -0.4 is 11.1 Å². The van der Waals surface area contributed by atoms with Crippen molar-refractivity contribution in [3.05, 3.63) is 11.6 Å². The molecule has 2 fully saturated rings. The Bertz CT molecular complexity index is 570. The van der Waals surface area contributed by atoms with Crippen molar-refractivity contribution < 1.29 is 23.7 Å². The maximum Gasteiger partial charge on any atom is 0.407 e. The van der Waals surface area contributed by atoms with Crippen LogP contribution in [0.25, 0.3) is 0 Å². The molecule has 0 aromatic carbocycles. The molecule has 1 saturated heterocycles. The molecule has 1 aliphatic heterocycles. The minimum atomic E-state index is -0.482. The van der Waals surface area contributed by atoms with Gasteiger partial charge in [0.1, 0.15) is 12.2 Å². The number of nitrogens with two attached hydrogens (primary N) is 1. The smallest absolute Gasteiger partial charge is 0.407 e. The normalized spacial score (nSPS) is 28.3. The highest BCUT2D eigenvalue weighted by Crippen LogP contribution is 2.52. The van der Waals surface area contributed by atoms with Gasteiger partial charge in [-0.1, -0.05) is 24.5 Å². The van der Waals surface area contributed by atoms with Crippen molar-refractivity contribution in [2.24, 2.45) is 11.7 Å². The molecular weight excluding hydrogens is 384 g/mol. The maximum absolute atomic E-state index is 12.4. The van der Waals surface area contributed by atoms with Crippen LogP contribution in [0.4, 0.5) is 4.79 Å². The summed E-state index contributed by atoms with van der Waals surface area (Å²) in [5.74, 6) is -0.0247. The number of nitrogens with one attached hydrogen (secondary N) is 1. The summed E-state index contributed by atoms with van der Waals surface area (Å²) >= 11 is 0. The first-order valence-electron chi connectivity index (χ1n) is 11.3. The van der Waals surface area contributed by atoms with Crippen molar-refractivity contribution >= 4 is 6.09 Å². The van der Waals surface area contributed by atoms with E-state index >= 15 is 0 Å². The quantitative estimate of drug-likeness (QED) is 0.281. The Balaban J connectivity index is 1.94. The summed E-state index contributed by atoms with van der Waals surface area (Å²) in [4.78, 5) is 12.4. The lowest BCUT2D eigenvalue weighted by atomic mass is 9.68. The third-order valence-corrected chi connectivity index (χ3v) is 6.26. The number of hydrogen-bond donors (Lipinski definition) is 2. The molecular formula is C23H42N2O5. The van der Waals surface area contributed by atoms with E-state index in [2.05, 4.69) is 39.1 Å². The molecule has 1 spiro atoms. The molecule has 0 aromatic rings. The van der Waals surface area contributed by atoms with Crippen molar-refractivity contribution in [3.63, 3.8) is 0 Å². The fourth-order valence-electron chi connectivity index (χ4n) is 4.59. The van der Waals surface area contributed by atoms with Gasteiger partial charge in [-0.25, -0.2) is 4.79 Å². The van der Waals surface area contributed by atoms with E-state index in [4.69, 9.17) is 24.7 Å². The largest absolute Gasteiger partial charge is 0.443 e. The van der Waals surface area contributed by atoms with Gasteiger partial charge in [0.05, 0.1) is 24.4 Å². The van der Waals surface area contributed by atoms with E-state index < -0.39 is 5.60 Å². The van der Waals surface area contributed by atoms with Gasteiger partial charge in [0, 0.05) is 19.6 Å². The van der Waals surface area contributed by atoms with Gasteiger partial charge in [-0.15, -0.1) is 0 Å². The molecule has 0 radical (unpaired) electrons. The van der Waals surface area contributed by atoms with E-state index in [0.717, 1.165) is 45.1 Å². The topological polar surface area (TPSA) is 95.3 Å². The highest BCUT2D eigenvalue weighted by molar-refractivity contribution is 5.67. The van der Waals surface area contributed by atoms with Gasteiger partial charge >= 0.3 is 6.09 Å². The van der Waals surface area contributed by atoms with Crippen molar-refractivity contribution in [3.8, 4) is 0 Å². The zero-order valence-electron chi connectivity index (χ0n) is 19.5. The van der Waals surface area contributed by atoms with Gasteiger partial charge in [-0.2, -0.15) is 0 Å². The van der Waals surface area contributed by atoms with Crippen molar-refractivity contribution in [1.82, 2.24) is 5.32 Å². The number of unbranched alkanes of at least 4 members (excludes halogenated alkanes) is 3. The fraction of sp³-hybridized carbons (Fsp3) is 0.870. The van der Waals surface area contributed by atoms with E-state index in [1.54, 1.807) is 7.11 Å². The summed E-state index contributed by atoms with van der Waals surface area (Å²) in [6, 6.07) is 0. The van der Waals surface area contributed by atoms with Crippen molar-refractivity contribution in [2.75, 3.05) is 33.4 Å². The molecule has 2 rings (SSSR count). The van der Waals surface area contributed by atoms with Crippen molar-refractivity contribution in [1.29, 1.82) is 0 Å². The van der Waals surface area contributed by atoms with Crippen LogP contribution >= 0.6 is 0 Å². The SMILES string of the molecule is COC1C(OC(=O)NCCCCCCN)CCC2(CO2)C1C(C)(C)OCC=C(C)C. The van der Waals surface area contributed by atoms with Gasteiger partial charge < -0.3 is 30.0 Å². The predicted octanol–water partition coefficient (Wildman–Crippen LogP) is 3.56. The molecule has 1 aliphatic carbocycles. The van der Waals surface area contributed by atoms with Crippen LogP contribution in [0.5, 0.6) is 0 Å². The minimum Gasteiger partial charge on any atom is -0.443 e. The summed E-state index contributed by atoms with van der Waals surface area (Å²) in [6.45, 7) is 10.8. The molecule has 4 unspecified atom stereocenters. The van der Waals surface area contributed by atoms with Gasteiger partial charge in [0.15, 0.2) is 0 Å². The van der Waals surface area contributed by atoms with Crippen LogP contribution in [0, 0.1) is 5.92 Å². The highest BCUT2D eigenvalue weighted by Gasteiger charge is 2.64. The lowest BCUT2D eigenvalue weighted by Crippen LogP contribution is -2.59. The van der Waals surface area contributed by atoms with E-state index in [9.17, 15) is 4.79 Å². The van der Waals surface area contributed by atoms with Crippen LogP contribution in [0.1, 0.15) is 66.2 Å². The molecule has 1 saturated carbocycles. The lowest BCUT2D eigenvalue weighted by molar-refractivity contribution is -0.172. The number of epoxide rings is 1. The monoisotopic (exact) mass is 426 g/mol. The minimum absolute atomic E-state index is 0.0247. The summed E-state index contributed by atoms with van der Waals surface area (Å²) in [5.41, 5.74) is 6.00. The Morgan fingerprint density at radius 2 is 1.97 bits per heavy atom. The molecule has 1 heterocycles. The van der Waals surface area contributed by atoms with E-state index in [-0.39, 0.29) is 29.8 Å². The van der Waals surface area contributed by atoms with Crippen LogP contribution in [0.2, 0.25) is 0 Å². The zero-order valence-corrected chi connectivity index (χ0v) is 19.5. The second kappa shape index (κ2) is 11.5. The third-order valence-electron chi connectivity index (χ3n) is 6.26. The number of alkyl carbamates (subject to hydrolysis) is 1. The number of methoxy groups -OCH3 is 1. The molecule has 7 heteroatoms. The number of ether oxygens (including phenoxy) is 4. The molecule has 2 aliphatic rings. The predicted molar refractivity (Wildman–Crippen MR) is 117 cm³/mol. The molecule has 174 valence electrons. The average Bonchev–Trinajstić information content (AvgIpc) is 3.44. The Morgan fingerprint density at radius 3 is 2.57 bits per heavy atom. The molecule has 7 nitrogen and oxygen atoms in total. The number of rotatable bonds is 12. The summed E-state index contributed by atoms with van der Waals surface area (Å²) < 4.78 is 23.8. The summed E-state index contributed by atoms with van der Waals surface area (Å²) in [6.07, 6.45) is 6.76. The number of carbonyl (C=O) groups excluding carboxylic acids is 1. The van der Waals surface area contributed by atoms with Crippen LogP contribution in [0.3, 0.4) is 0 Å². The molecule has 4 atom stereocenters. The maximum atomic E-state index is 12.4. The third kappa shape index (κ3) is 6.94. The first-order chi connectivity index (χ1) is 14.3. The first-order valence-corrected chi connectivity index (χ1v) is 11.3. The lowest BCUT2D eigenvalue weighted by Gasteiger charge is -2.47. The number of allylic oxidation sites excluding steroid dienone is 1. The molecule has 1 amide bonds. The van der Waals surface area contributed by atoms with Gasteiger partial charge in [0.25, 0.3) is 0 Å². The van der Waals surface area contributed by atoms with E-state index in [0.29, 0.717) is 19.8 Å². The van der Waals surface area contributed by atoms with Crippen LogP contribution in [0.15, 0.2) is 11.6 Å². The second-order valence-corrected chi connectivity index (χ2v) is 9.34. The van der Waals surface area contributed by atoms with Crippen LogP contribution in [-0.4, -0.2) is 62.9 Å². The Morgan fingerprint density at radius 1 is 1.27 bits per heavy atom. The number of hydrogen-bond acceptors (Lipinski definition) is 6. The average molecular weight is 427 g/mol. The summed E-state index contributed by atoms with van der Waals surface area (Å²) in [7, 11) is 1.68. The zero-order chi connectivity index (χ0) is 22.2.